The summed E-state index contributed by atoms with van der Waals surface area (Å²) in [6.45, 7) is 0.154. The van der Waals surface area contributed by atoms with Crippen LogP contribution in [-0.2, 0) is 11.2 Å². The largest absolute Gasteiger partial charge is 0.481 e. The summed E-state index contributed by atoms with van der Waals surface area (Å²) in [4.78, 5) is 11.2. The van der Waals surface area contributed by atoms with E-state index in [4.69, 9.17) is 22.4 Å². The van der Waals surface area contributed by atoms with Crippen LogP contribution in [0.4, 0.5) is 0 Å². The molecule has 2 aromatic rings. The fraction of sp³-hybridized carbons (Fsp3) is 0.235. The zero-order valence-corrected chi connectivity index (χ0v) is 12.9. The van der Waals surface area contributed by atoms with Gasteiger partial charge in [0.1, 0.15) is 0 Å². The third kappa shape index (κ3) is 4.21. The molecule has 0 unspecified atom stereocenters. The van der Waals surface area contributed by atoms with Gasteiger partial charge in [-0.25, -0.2) is 5.84 Å². The second-order valence-electron chi connectivity index (χ2n) is 5.41. The quantitative estimate of drug-likeness (QED) is 0.450. The topological polar surface area (TPSA) is 119 Å². The summed E-state index contributed by atoms with van der Waals surface area (Å²) in [6.07, 6.45) is 1.71. The highest BCUT2D eigenvalue weighted by Crippen LogP contribution is 2.19. The number of carbonyl (C=O) groups is 1. The normalized spacial score (nSPS) is 13.0. The van der Waals surface area contributed by atoms with Crippen LogP contribution in [0.15, 0.2) is 54.4 Å². The molecule has 0 radical (unpaired) electrons. The van der Waals surface area contributed by atoms with Gasteiger partial charge >= 0.3 is 5.97 Å². The second kappa shape index (κ2) is 7.62. The number of hydrazine groups is 1. The molecule has 122 valence electrons. The summed E-state index contributed by atoms with van der Waals surface area (Å²) in [6, 6.07) is 13.6. The van der Waals surface area contributed by atoms with E-state index in [9.17, 15) is 4.79 Å². The minimum atomic E-state index is -0.917. The molecular weight excluding hydrogens is 292 g/mol. The fourth-order valence-electron chi connectivity index (χ4n) is 2.60. The summed E-state index contributed by atoms with van der Waals surface area (Å²) in [5.41, 5.74) is 12.6. The van der Waals surface area contributed by atoms with Gasteiger partial charge in [-0.05, 0) is 22.8 Å². The molecule has 0 saturated carbocycles. The highest BCUT2D eigenvalue weighted by Gasteiger charge is 2.21. The lowest BCUT2D eigenvalue weighted by atomic mass is 9.99. The van der Waals surface area contributed by atoms with Crippen molar-refractivity contribution < 1.29 is 9.90 Å². The Hall–Kier alpha value is -2.57. The van der Waals surface area contributed by atoms with E-state index >= 15 is 0 Å². The molecule has 2 rings (SSSR count). The van der Waals surface area contributed by atoms with Crippen molar-refractivity contribution in [3.05, 3.63) is 59.9 Å². The first kappa shape index (κ1) is 16.8. The van der Waals surface area contributed by atoms with Gasteiger partial charge in [-0.15, -0.1) is 0 Å². The Balaban J connectivity index is 2.26. The lowest BCUT2D eigenvalue weighted by Crippen LogP contribution is -2.45. The zero-order chi connectivity index (χ0) is 16.8. The summed E-state index contributed by atoms with van der Waals surface area (Å²) in [7, 11) is 0. The highest BCUT2D eigenvalue weighted by atomic mass is 16.4. The van der Waals surface area contributed by atoms with Gasteiger partial charge in [0, 0.05) is 12.7 Å². The predicted molar refractivity (Wildman–Crippen MR) is 91.0 cm³/mol. The molecule has 1 atom stereocenters. The first-order valence-corrected chi connectivity index (χ1v) is 7.39. The van der Waals surface area contributed by atoms with Crippen LogP contribution in [0.2, 0.25) is 0 Å². The maximum atomic E-state index is 11.2. The number of rotatable bonds is 7. The van der Waals surface area contributed by atoms with Crippen LogP contribution in [0.1, 0.15) is 12.0 Å². The highest BCUT2D eigenvalue weighted by molar-refractivity contribution is 5.83. The molecule has 6 heteroatoms. The molecule has 0 fully saturated rings. The number of benzene rings is 2. The van der Waals surface area contributed by atoms with E-state index in [1.54, 1.807) is 0 Å². The molecule has 23 heavy (non-hydrogen) atoms. The molecule has 0 aliphatic rings. The molecule has 2 aromatic carbocycles. The minimum absolute atomic E-state index is 0.0966. The molecule has 0 aliphatic carbocycles. The number of nitrogens with two attached hydrogens (primary N) is 3. The smallest absolute Gasteiger partial charge is 0.305 e. The summed E-state index contributed by atoms with van der Waals surface area (Å²) < 4.78 is 0. The van der Waals surface area contributed by atoms with Crippen molar-refractivity contribution in [2.24, 2.45) is 17.3 Å². The van der Waals surface area contributed by atoms with Crippen molar-refractivity contribution in [1.82, 2.24) is 5.01 Å². The van der Waals surface area contributed by atoms with Gasteiger partial charge in [0.05, 0.1) is 18.2 Å². The summed E-state index contributed by atoms with van der Waals surface area (Å²) >= 11 is 0. The molecule has 0 aromatic heterocycles. The molecule has 0 amide bonds. The molecule has 0 spiro atoms. The van der Waals surface area contributed by atoms with E-state index in [2.05, 4.69) is 0 Å². The van der Waals surface area contributed by atoms with E-state index in [1.165, 1.54) is 11.2 Å². The first-order chi connectivity index (χ1) is 11.0. The van der Waals surface area contributed by atoms with Gasteiger partial charge in [0.25, 0.3) is 0 Å². The predicted octanol–water partition coefficient (Wildman–Crippen LogP) is 1.16. The molecular formula is C17H22N4O2. The number of hydrogen-bond donors (Lipinski definition) is 4. The number of aliphatic carboxylic acids is 1. The second-order valence-corrected chi connectivity index (χ2v) is 5.41. The molecule has 7 N–H and O–H groups in total. The maximum Gasteiger partial charge on any atom is 0.305 e. The Kier molecular flexibility index (Phi) is 5.56. The Morgan fingerprint density at radius 1 is 1.22 bits per heavy atom. The monoisotopic (exact) mass is 314 g/mol. The average Bonchev–Trinajstić information content (AvgIpc) is 2.54. The van der Waals surface area contributed by atoms with Gasteiger partial charge in [-0.3, -0.25) is 4.79 Å². The Morgan fingerprint density at radius 3 is 2.52 bits per heavy atom. The standard InChI is InChI=1S/C17H22N4O2/c18-10-16(11-19)21(20)15(9-17(22)23)8-12-5-6-13-3-1-2-4-14(13)7-12/h1-7,10,15H,8-9,11,18-20H2,(H,22,23)/b16-10-/t15-/m1/s1. The Bertz CT molecular complexity index is 715. The fourth-order valence-corrected chi connectivity index (χ4v) is 2.60. The SMILES string of the molecule is N/C=C(/CN)N(N)[C@@H](CC(=O)O)Cc1ccc2ccccc2c1. The first-order valence-electron chi connectivity index (χ1n) is 7.39. The van der Waals surface area contributed by atoms with Crippen LogP contribution in [0, 0.1) is 0 Å². The van der Waals surface area contributed by atoms with Gasteiger partial charge in [0.15, 0.2) is 0 Å². The van der Waals surface area contributed by atoms with Crippen molar-refractivity contribution in [3.8, 4) is 0 Å². The van der Waals surface area contributed by atoms with Gasteiger partial charge in [0.2, 0.25) is 0 Å². The molecule has 0 heterocycles. The lowest BCUT2D eigenvalue weighted by Gasteiger charge is -2.29. The minimum Gasteiger partial charge on any atom is -0.481 e. The van der Waals surface area contributed by atoms with Gasteiger partial charge in [-0.2, -0.15) is 0 Å². The van der Waals surface area contributed by atoms with Crippen molar-refractivity contribution in [3.63, 3.8) is 0 Å². The average molecular weight is 314 g/mol. The van der Waals surface area contributed by atoms with Crippen LogP contribution in [0.3, 0.4) is 0 Å². The van der Waals surface area contributed by atoms with Gasteiger partial charge < -0.3 is 21.6 Å². The van der Waals surface area contributed by atoms with E-state index in [-0.39, 0.29) is 13.0 Å². The summed E-state index contributed by atoms with van der Waals surface area (Å²) in [5.74, 6) is 5.12. The van der Waals surface area contributed by atoms with Crippen molar-refractivity contribution >= 4 is 16.7 Å². The maximum absolute atomic E-state index is 11.2. The number of hydrogen-bond acceptors (Lipinski definition) is 5. The molecule has 0 bridgehead atoms. The van der Waals surface area contributed by atoms with Crippen LogP contribution in [-0.4, -0.2) is 28.7 Å². The van der Waals surface area contributed by atoms with Crippen LogP contribution < -0.4 is 17.3 Å². The van der Waals surface area contributed by atoms with Crippen molar-refractivity contribution in [2.45, 2.75) is 18.9 Å². The Labute approximate surface area is 135 Å². The van der Waals surface area contributed by atoms with Crippen molar-refractivity contribution in [1.29, 1.82) is 0 Å². The zero-order valence-electron chi connectivity index (χ0n) is 12.9. The molecule has 6 nitrogen and oxygen atoms in total. The van der Waals surface area contributed by atoms with Crippen LogP contribution >= 0.6 is 0 Å². The van der Waals surface area contributed by atoms with E-state index in [1.807, 2.05) is 42.5 Å². The number of nitrogens with zero attached hydrogens (tertiary/aromatic N) is 1. The third-order valence-electron chi connectivity index (χ3n) is 3.82. The molecule has 0 aliphatic heterocycles. The number of carboxylic acids is 1. The number of fused-ring (bicyclic) bond motifs is 1. The lowest BCUT2D eigenvalue weighted by molar-refractivity contribution is -0.138. The number of carboxylic acid groups (broad SMARTS) is 1. The van der Waals surface area contributed by atoms with Gasteiger partial charge in [-0.1, -0.05) is 42.5 Å². The van der Waals surface area contributed by atoms with E-state index in [0.717, 1.165) is 16.3 Å². The third-order valence-corrected chi connectivity index (χ3v) is 3.82. The van der Waals surface area contributed by atoms with Crippen molar-refractivity contribution in [2.75, 3.05) is 6.54 Å². The van der Waals surface area contributed by atoms with Crippen LogP contribution in [0.5, 0.6) is 0 Å². The van der Waals surface area contributed by atoms with E-state index in [0.29, 0.717) is 12.1 Å². The Morgan fingerprint density at radius 2 is 1.91 bits per heavy atom. The van der Waals surface area contributed by atoms with E-state index < -0.39 is 12.0 Å². The van der Waals surface area contributed by atoms with Crippen LogP contribution in [0.25, 0.3) is 10.8 Å². The molecule has 0 saturated heterocycles. The summed E-state index contributed by atoms with van der Waals surface area (Å²) in [5, 5.41) is 12.8.